The van der Waals surface area contributed by atoms with Crippen LogP contribution in [-0.4, -0.2) is 44.4 Å². The summed E-state index contributed by atoms with van der Waals surface area (Å²) in [6, 6.07) is 13.7. The van der Waals surface area contributed by atoms with Crippen LogP contribution in [0.3, 0.4) is 0 Å². The minimum atomic E-state index is -0.525. The molecule has 1 aliphatic heterocycles. The number of benzene rings is 2. The van der Waals surface area contributed by atoms with Gasteiger partial charge in [0.2, 0.25) is 5.88 Å². The smallest absolute Gasteiger partial charge is 0.345 e. The Morgan fingerprint density at radius 2 is 1.72 bits per heavy atom. The highest BCUT2D eigenvalue weighted by atomic mass is 35.5. The van der Waals surface area contributed by atoms with Crippen LogP contribution >= 0.6 is 11.6 Å². The van der Waals surface area contributed by atoms with E-state index in [1.165, 1.54) is 13.2 Å². The molecule has 0 radical (unpaired) electrons. The number of hydrogen-bond donors (Lipinski definition) is 0. The Hall–Kier alpha value is -3.06. The second kappa shape index (κ2) is 8.13. The zero-order valence-electron chi connectivity index (χ0n) is 15.8. The Kier molecular flexibility index (Phi) is 5.40. The second-order valence-electron chi connectivity index (χ2n) is 6.64. The Bertz CT molecular complexity index is 1010. The van der Waals surface area contributed by atoms with Crippen molar-refractivity contribution in [1.82, 2.24) is 5.16 Å². The Morgan fingerprint density at radius 1 is 1.07 bits per heavy atom. The molecule has 1 saturated heterocycles. The molecule has 0 amide bonds. The Morgan fingerprint density at radius 3 is 2.38 bits per heavy atom. The second-order valence-corrected chi connectivity index (χ2v) is 7.07. The summed E-state index contributed by atoms with van der Waals surface area (Å²) in [6.45, 7) is 2.26. The summed E-state index contributed by atoms with van der Waals surface area (Å²) in [5.74, 6) is -0.418. The van der Waals surface area contributed by atoms with Gasteiger partial charge in [-0.15, -0.1) is 0 Å². The number of aromatic nitrogens is 1. The van der Waals surface area contributed by atoms with Crippen molar-refractivity contribution < 1.29 is 18.4 Å². The molecule has 0 aliphatic carbocycles. The quantitative estimate of drug-likeness (QED) is 0.594. The van der Waals surface area contributed by atoms with E-state index in [2.05, 4.69) is 5.16 Å². The lowest BCUT2D eigenvalue weighted by molar-refractivity contribution is 0.0601. The van der Waals surface area contributed by atoms with Crippen LogP contribution in [0.1, 0.15) is 10.4 Å². The van der Waals surface area contributed by atoms with E-state index in [0.29, 0.717) is 54.0 Å². The number of piperazine rings is 1. The lowest BCUT2D eigenvalue weighted by Crippen LogP contribution is -2.47. The number of carbonyl (C=O) groups excluding carboxylic acids is 1. The average molecular weight is 416 g/mol. The number of rotatable bonds is 4. The van der Waals surface area contributed by atoms with Gasteiger partial charge in [-0.25, -0.2) is 9.18 Å². The maximum atomic E-state index is 14.1. The van der Waals surface area contributed by atoms with Crippen molar-refractivity contribution >= 4 is 29.1 Å². The van der Waals surface area contributed by atoms with Crippen molar-refractivity contribution in [3.63, 3.8) is 0 Å². The first kappa shape index (κ1) is 19.3. The lowest BCUT2D eigenvalue weighted by atomic mass is 10.1. The molecule has 6 nitrogen and oxygen atoms in total. The molecule has 1 aliphatic rings. The minimum Gasteiger partial charge on any atom is -0.465 e. The van der Waals surface area contributed by atoms with E-state index in [-0.39, 0.29) is 11.4 Å². The predicted molar refractivity (Wildman–Crippen MR) is 109 cm³/mol. The molecule has 0 unspecified atom stereocenters. The highest BCUT2D eigenvalue weighted by Gasteiger charge is 2.30. The van der Waals surface area contributed by atoms with Crippen LogP contribution in [0.2, 0.25) is 5.02 Å². The van der Waals surface area contributed by atoms with Crippen LogP contribution in [0.5, 0.6) is 0 Å². The molecule has 0 N–H and O–H groups in total. The molecule has 0 spiro atoms. The predicted octanol–water partition coefficient (Wildman–Crippen LogP) is 4.25. The number of methoxy groups -OCH3 is 1. The monoisotopic (exact) mass is 415 g/mol. The first-order valence-corrected chi connectivity index (χ1v) is 9.54. The summed E-state index contributed by atoms with van der Waals surface area (Å²) in [6.07, 6.45) is 0. The summed E-state index contributed by atoms with van der Waals surface area (Å²) >= 11 is 5.96. The third kappa shape index (κ3) is 3.78. The first-order chi connectivity index (χ1) is 14.1. The molecule has 2 aromatic carbocycles. The van der Waals surface area contributed by atoms with Crippen molar-refractivity contribution in [1.29, 1.82) is 0 Å². The van der Waals surface area contributed by atoms with E-state index in [1.807, 2.05) is 15.9 Å². The van der Waals surface area contributed by atoms with Crippen molar-refractivity contribution in [2.45, 2.75) is 0 Å². The normalized spacial score (nSPS) is 14.2. The van der Waals surface area contributed by atoms with Gasteiger partial charge in [0, 0.05) is 36.8 Å². The standard InChI is InChI=1S/C21H19ClFN3O3/c1-28-21(27)18-19(14-6-8-15(22)9-7-14)24-29-20(18)26-12-10-25(11-13-26)17-5-3-2-4-16(17)23/h2-9H,10-13H2,1H3. The fourth-order valence-electron chi connectivity index (χ4n) is 3.45. The molecule has 1 aromatic heterocycles. The summed E-state index contributed by atoms with van der Waals surface area (Å²) in [7, 11) is 1.32. The summed E-state index contributed by atoms with van der Waals surface area (Å²) < 4.78 is 24.6. The minimum absolute atomic E-state index is 0.249. The van der Waals surface area contributed by atoms with Crippen molar-refractivity contribution in [3.05, 3.63) is 64.9 Å². The number of anilines is 2. The number of para-hydroxylation sites is 1. The van der Waals surface area contributed by atoms with E-state index in [9.17, 15) is 9.18 Å². The lowest BCUT2D eigenvalue weighted by Gasteiger charge is -2.36. The van der Waals surface area contributed by atoms with Crippen LogP contribution in [0.4, 0.5) is 16.0 Å². The fraction of sp³-hybridized carbons (Fsp3) is 0.238. The van der Waals surface area contributed by atoms with Crippen LogP contribution < -0.4 is 9.80 Å². The van der Waals surface area contributed by atoms with Crippen LogP contribution in [0.25, 0.3) is 11.3 Å². The van der Waals surface area contributed by atoms with E-state index in [4.69, 9.17) is 20.9 Å². The summed E-state index contributed by atoms with van der Waals surface area (Å²) in [4.78, 5) is 16.4. The zero-order chi connectivity index (χ0) is 20.4. The molecule has 2 heterocycles. The number of ether oxygens (including phenoxy) is 1. The number of carbonyl (C=O) groups is 1. The highest BCUT2D eigenvalue weighted by molar-refractivity contribution is 6.30. The largest absolute Gasteiger partial charge is 0.465 e. The van der Waals surface area contributed by atoms with E-state index in [0.717, 1.165) is 0 Å². The van der Waals surface area contributed by atoms with E-state index in [1.54, 1.807) is 36.4 Å². The van der Waals surface area contributed by atoms with Gasteiger partial charge in [0.15, 0.2) is 5.56 Å². The molecule has 0 saturated carbocycles. The molecule has 4 rings (SSSR count). The SMILES string of the molecule is COC(=O)c1c(-c2ccc(Cl)cc2)noc1N1CCN(c2ccccc2F)CC1. The molecular weight excluding hydrogens is 397 g/mol. The molecule has 0 atom stereocenters. The van der Waals surface area contributed by atoms with Crippen LogP contribution in [0, 0.1) is 5.82 Å². The number of halogens is 2. The molecule has 8 heteroatoms. The van der Waals surface area contributed by atoms with Gasteiger partial charge in [0.05, 0.1) is 12.8 Å². The summed E-state index contributed by atoms with van der Waals surface area (Å²) in [5.41, 5.74) is 1.95. The van der Waals surface area contributed by atoms with E-state index < -0.39 is 5.97 Å². The van der Waals surface area contributed by atoms with Gasteiger partial charge < -0.3 is 19.1 Å². The maximum Gasteiger partial charge on any atom is 0.345 e. The van der Waals surface area contributed by atoms with Gasteiger partial charge in [0.25, 0.3) is 0 Å². The average Bonchev–Trinajstić information content (AvgIpc) is 3.19. The van der Waals surface area contributed by atoms with Gasteiger partial charge >= 0.3 is 5.97 Å². The van der Waals surface area contributed by atoms with Crippen LogP contribution in [-0.2, 0) is 4.74 Å². The topological polar surface area (TPSA) is 58.8 Å². The first-order valence-electron chi connectivity index (χ1n) is 9.17. The fourth-order valence-corrected chi connectivity index (χ4v) is 3.57. The van der Waals surface area contributed by atoms with Crippen molar-refractivity contribution in [2.24, 2.45) is 0 Å². The molecule has 1 fully saturated rings. The molecular formula is C21H19ClFN3O3. The number of nitrogens with zero attached hydrogens (tertiary/aromatic N) is 3. The Balaban J connectivity index is 1.60. The molecule has 3 aromatic rings. The molecule has 150 valence electrons. The molecule has 29 heavy (non-hydrogen) atoms. The third-order valence-electron chi connectivity index (χ3n) is 4.94. The number of hydrogen-bond acceptors (Lipinski definition) is 6. The van der Waals surface area contributed by atoms with E-state index >= 15 is 0 Å². The number of esters is 1. The van der Waals surface area contributed by atoms with Gasteiger partial charge in [0.1, 0.15) is 11.5 Å². The highest BCUT2D eigenvalue weighted by Crippen LogP contribution is 2.33. The zero-order valence-corrected chi connectivity index (χ0v) is 16.5. The van der Waals surface area contributed by atoms with Crippen molar-refractivity contribution in [3.8, 4) is 11.3 Å². The van der Waals surface area contributed by atoms with Gasteiger partial charge in [-0.1, -0.05) is 41.0 Å². The molecule has 0 bridgehead atoms. The Labute approximate surface area is 172 Å². The third-order valence-corrected chi connectivity index (χ3v) is 5.19. The summed E-state index contributed by atoms with van der Waals surface area (Å²) in [5, 5.41) is 4.70. The maximum absolute atomic E-state index is 14.1. The van der Waals surface area contributed by atoms with Gasteiger partial charge in [-0.05, 0) is 24.3 Å². The van der Waals surface area contributed by atoms with Gasteiger partial charge in [-0.2, -0.15) is 0 Å². The van der Waals surface area contributed by atoms with Crippen molar-refractivity contribution in [2.75, 3.05) is 43.1 Å². The van der Waals surface area contributed by atoms with Gasteiger partial charge in [-0.3, -0.25) is 0 Å². The van der Waals surface area contributed by atoms with Crippen LogP contribution in [0.15, 0.2) is 53.1 Å².